The highest BCUT2D eigenvalue weighted by molar-refractivity contribution is 6.48. The second-order valence-electron chi connectivity index (χ2n) is 7.77. The molecule has 12 heteroatoms. The standard InChI is InChI=1S/C24H17Cl3F3N3O3/c1-35-32-9-8-31-22(34)17-7-6-16(14-4-2-3-5-15(14)17)20-12-23(36-33-20,24(28,29)30)13-10-18(25)21(27)19(26)11-13/h2-7,9-11H,8,12H2,1H3,(H,31,34)/b32-9-. The van der Waals surface area contributed by atoms with E-state index in [1.54, 1.807) is 24.3 Å². The van der Waals surface area contributed by atoms with Crippen LogP contribution in [0.2, 0.25) is 15.1 Å². The number of fused-ring (bicyclic) bond motifs is 1. The molecular weight excluding hydrogens is 542 g/mol. The third-order valence-corrected chi connectivity index (χ3v) is 6.85. The lowest BCUT2D eigenvalue weighted by Gasteiger charge is -2.30. The highest BCUT2D eigenvalue weighted by Crippen LogP contribution is 2.51. The van der Waals surface area contributed by atoms with E-state index in [4.69, 9.17) is 39.6 Å². The lowest BCUT2D eigenvalue weighted by molar-refractivity contribution is -0.275. The minimum Gasteiger partial charge on any atom is -0.399 e. The summed E-state index contributed by atoms with van der Waals surface area (Å²) in [6, 6.07) is 12.0. The molecule has 1 aliphatic heterocycles. The first-order valence-electron chi connectivity index (χ1n) is 10.4. The first kappa shape index (κ1) is 26.1. The fourth-order valence-corrected chi connectivity index (χ4v) is 4.53. The number of nitrogens with zero attached hydrogens (tertiary/aromatic N) is 2. The zero-order valence-electron chi connectivity index (χ0n) is 18.5. The molecule has 4 rings (SSSR count). The van der Waals surface area contributed by atoms with Crippen molar-refractivity contribution in [3.8, 4) is 0 Å². The predicted octanol–water partition coefficient (Wildman–Crippen LogP) is 6.74. The summed E-state index contributed by atoms with van der Waals surface area (Å²) in [6.07, 6.45) is -4.13. The van der Waals surface area contributed by atoms with Gasteiger partial charge in [0.05, 0.1) is 33.5 Å². The van der Waals surface area contributed by atoms with E-state index >= 15 is 0 Å². The van der Waals surface area contributed by atoms with Gasteiger partial charge in [-0.1, -0.05) is 75.4 Å². The highest BCUT2D eigenvalue weighted by atomic mass is 35.5. The fourth-order valence-electron chi connectivity index (χ4n) is 3.93. The van der Waals surface area contributed by atoms with E-state index in [9.17, 15) is 18.0 Å². The average molecular weight is 559 g/mol. The highest BCUT2D eigenvalue weighted by Gasteiger charge is 2.62. The van der Waals surface area contributed by atoms with Crippen molar-refractivity contribution in [3.05, 3.63) is 80.3 Å². The van der Waals surface area contributed by atoms with Crippen LogP contribution >= 0.6 is 34.8 Å². The van der Waals surface area contributed by atoms with Gasteiger partial charge in [0.2, 0.25) is 0 Å². The molecule has 0 fully saturated rings. The Morgan fingerprint density at radius 1 is 1.17 bits per heavy atom. The van der Waals surface area contributed by atoms with Gasteiger partial charge in [0.25, 0.3) is 11.5 Å². The molecule has 1 amide bonds. The van der Waals surface area contributed by atoms with Gasteiger partial charge in [-0.05, 0) is 29.0 Å². The molecule has 3 aromatic rings. The minimum atomic E-state index is -4.86. The van der Waals surface area contributed by atoms with Crippen molar-refractivity contribution >= 4 is 63.4 Å². The number of rotatable bonds is 6. The van der Waals surface area contributed by atoms with Gasteiger partial charge in [0, 0.05) is 23.1 Å². The zero-order valence-corrected chi connectivity index (χ0v) is 20.8. The maximum Gasteiger partial charge on any atom is 0.435 e. The molecule has 1 heterocycles. The van der Waals surface area contributed by atoms with Crippen molar-refractivity contribution in [1.82, 2.24) is 5.32 Å². The molecule has 3 aromatic carbocycles. The predicted molar refractivity (Wildman–Crippen MR) is 133 cm³/mol. The van der Waals surface area contributed by atoms with E-state index in [1.165, 1.54) is 25.5 Å². The van der Waals surface area contributed by atoms with Gasteiger partial charge in [0.1, 0.15) is 7.11 Å². The molecule has 6 nitrogen and oxygen atoms in total. The molecule has 0 saturated carbocycles. The van der Waals surface area contributed by atoms with Crippen LogP contribution in [0.15, 0.2) is 58.8 Å². The Morgan fingerprint density at radius 3 is 2.47 bits per heavy atom. The van der Waals surface area contributed by atoms with Crippen molar-refractivity contribution in [2.24, 2.45) is 10.3 Å². The number of nitrogens with one attached hydrogen (secondary N) is 1. The maximum absolute atomic E-state index is 14.4. The summed E-state index contributed by atoms with van der Waals surface area (Å²) in [6.45, 7) is 0.129. The van der Waals surface area contributed by atoms with Crippen LogP contribution in [0, 0.1) is 0 Å². The summed E-state index contributed by atoms with van der Waals surface area (Å²) in [4.78, 5) is 22.4. The third kappa shape index (κ3) is 4.70. The van der Waals surface area contributed by atoms with E-state index in [1.807, 2.05) is 0 Å². The molecule has 0 bridgehead atoms. The van der Waals surface area contributed by atoms with Crippen LogP contribution in [-0.4, -0.2) is 37.7 Å². The van der Waals surface area contributed by atoms with Crippen LogP contribution in [0.5, 0.6) is 0 Å². The number of hydrogen-bond donors (Lipinski definition) is 1. The first-order chi connectivity index (χ1) is 17.1. The summed E-state index contributed by atoms with van der Waals surface area (Å²) in [5, 5.41) is 10.8. The smallest absolute Gasteiger partial charge is 0.399 e. The fraction of sp³-hybridized carbons (Fsp3) is 0.208. The van der Waals surface area contributed by atoms with Gasteiger partial charge < -0.3 is 15.0 Å². The van der Waals surface area contributed by atoms with Crippen molar-refractivity contribution in [2.45, 2.75) is 18.2 Å². The SMILES string of the molecule is CO/N=C\CNC(=O)c1ccc(C2=NOC(c3cc(Cl)c(Cl)c(Cl)c3)(C(F)(F)F)C2)c2ccccc12. The van der Waals surface area contributed by atoms with E-state index < -0.39 is 18.2 Å². The van der Waals surface area contributed by atoms with Crippen LogP contribution < -0.4 is 5.32 Å². The molecule has 0 aromatic heterocycles. The molecule has 1 unspecified atom stereocenters. The Morgan fingerprint density at radius 2 is 1.83 bits per heavy atom. The number of halogens is 6. The Balaban J connectivity index is 1.73. The summed E-state index contributed by atoms with van der Waals surface area (Å²) in [5.41, 5.74) is -2.38. The van der Waals surface area contributed by atoms with E-state index in [2.05, 4.69) is 20.5 Å². The molecule has 36 heavy (non-hydrogen) atoms. The molecule has 1 N–H and O–H groups in total. The summed E-state index contributed by atoms with van der Waals surface area (Å²) >= 11 is 18.0. The number of carbonyl (C=O) groups is 1. The summed E-state index contributed by atoms with van der Waals surface area (Å²) < 4.78 is 43.3. The average Bonchev–Trinajstić information content (AvgIpc) is 3.31. The second kappa shape index (κ2) is 10.2. The topological polar surface area (TPSA) is 72.3 Å². The van der Waals surface area contributed by atoms with Gasteiger partial charge >= 0.3 is 6.18 Å². The molecule has 0 radical (unpaired) electrons. The largest absolute Gasteiger partial charge is 0.435 e. The van der Waals surface area contributed by atoms with Crippen LogP contribution in [0.1, 0.15) is 27.9 Å². The van der Waals surface area contributed by atoms with Gasteiger partial charge in [-0.25, -0.2) is 0 Å². The monoisotopic (exact) mass is 557 g/mol. The summed E-state index contributed by atoms with van der Waals surface area (Å²) in [5.74, 6) is -0.389. The lowest BCUT2D eigenvalue weighted by atomic mass is 9.85. The van der Waals surface area contributed by atoms with Crippen molar-refractivity contribution in [1.29, 1.82) is 0 Å². The number of oxime groups is 2. The maximum atomic E-state index is 14.4. The van der Waals surface area contributed by atoms with Crippen LogP contribution in [-0.2, 0) is 15.3 Å². The van der Waals surface area contributed by atoms with Crippen molar-refractivity contribution in [2.75, 3.05) is 13.7 Å². The Labute approximate surface area is 218 Å². The number of benzene rings is 3. The molecular formula is C24H17Cl3F3N3O3. The lowest BCUT2D eigenvalue weighted by Crippen LogP contribution is -2.42. The van der Waals surface area contributed by atoms with Gasteiger partial charge in [-0.3, -0.25) is 4.79 Å². The molecule has 1 atom stereocenters. The molecule has 1 aliphatic rings. The molecule has 0 spiro atoms. The molecule has 0 aliphatic carbocycles. The Kier molecular flexibility index (Phi) is 7.36. The van der Waals surface area contributed by atoms with Gasteiger partial charge in [-0.15, -0.1) is 0 Å². The second-order valence-corrected chi connectivity index (χ2v) is 8.96. The number of hydrogen-bond acceptors (Lipinski definition) is 5. The number of carbonyl (C=O) groups excluding carboxylic acids is 1. The van der Waals surface area contributed by atoms with E-state index in [-0.39, 0.29) is 38.8 Å². The van der Waals surface area contributed by atoms with Crippen molar-refractivity contribution in [3.63, 3.8) is 0 Å². The third-order valence-electron chi connectivity index (χ3n) is 5.65. The van der Waals surface area contributed by atoms with E-state index in [0.29, 0.717) is 21.9 Å². The number of amides is 1. The zero-order chi connectivity index (χ0) is 26.1. The Bertz CT molecular complexity index is 1370. The van der Waals surface area contributed by atoms with Crippen LogP contribution in [0.4, 0.5) is 13.2 Å². The van der Waals surface area contributed by atoms with Crippen LogP contribution in [0.3, 0.4) is 0 Å². The van der Waals surface area contributed by atoms with Gasteiger partial charge in [-0.2, -0.15) is 13.2 Å². The normalized spacial score (nSPS) is 17.8. The number of alkyl halides is 3. The first-order valence-corrected chi connectivity index (χ1v) is 11.5. The van der Waals surface area contributed by atoms with Crippen LogP contribution in [0.25, 0.3) is 10.8 Å². The minimum absolute atomic E-state index is 0.0462. The quantitative estimate of drug-likeness (QED) is 0.207. The summed E-state index contributed by atoms with van der Waals surface area (Å²) in [7, 11) is 1.38. The molecule has 188 valence electrons. The van der Waals surface area contributed by atoms with Gasteiger partial charge in [0.15, 0.2) is 0 Å². The molecule has 0 saturated heterocycles. The Hall–Kier alpha value is -3.01. The van der Waals surface area contributed by atoms with E-state index in [0.717, 1.165) is 12.1 Å². The van der Waals surface area contributed by atoms with Crippen molar-refractivity contribution < 1.29 is 27.6 Å².